The van der Waals surface area contributed by atoms with Crippen molar-refractivity contribution in [2.75, 3.05) is 0 Å². The number of pyridine rings is 1. The van der Waals surface area contributed by atoms with Crippen molar-refractivity contribution in [3.05, 3.63) is 34.4 Å². The van der Waals surface area contributed by atoms with Gasteiger partial charge in [-0.25, -0.2) is 9.78 Å². The molecule has 2 aromatic rings. The van der Waals surface area contributed by atoms with Crippen LogP contribution in [0.2, 0.25) is 0 Å². The fourth-order valence-electron chi connectivity index (χ4n) is 1.10. The van der Waals surface area contributed by atoms with E-state index in [4.69, 9.17) is 9.63 Å². The second kappa shape index (κ2) is 4.01. The van der Waals surface area contributed by atoms with E-state index in [9.17, 15) is 9.18 Å². The third kappa shape index (κ3) is 1.94. The van der Waals surface area contributed by atoms with Gasteiger partial charge in [0.25, 0.3) is 0 Å². The molecule has 0 aliphatic carbocycles. The first-order valence-electron chi connectivity index (χ1n) is 4.09. The maximum absolute atomic E-state index is 13.3. The molecule has 0 bridgehead atoms. The SMILES string of the molecule is O=C(O)c1cc(-c2cc(Br)cnc2F)on1. The van der Waals surface area contributed by atoms with Gasteiger partial charge in [-0.3, -0.25) is 0 Å². The average molecular weight is 287 g/mol. The number of carboxylic acids is 1. The molecule has 5 nitrogen and oxygen atoms in total. The van der Waals surface area contributed by atoms with E-state index in [0.717, 1.165) is 6.07 Å². The summed E-state index contributed by atoms with van der Waals surface area (Å²) in [6.07, 6.45) is 1.29. The van der Waals surface area contributed by atoms with Crippen LogP contribution in [0.4, 0.5) is 4.39 Å². The Morgan fingerprint density at radius 2 is 2.25 bits per heavy atom. The Morgan fingerprint density at radius 1 is 1.50 bits per heavy atom. The van der Waals surface area contributed by atoms with Crippen LogP contribution in [0.3, 0.4) is 0 Å². The van der Waals surface area contributed by atoms with Crippen LogP contribution in [0.15, 0.2) is 27.3 Å². The summed E-state index contributed by atoms with van der Waals surface area (Å²) in [5, 5.41) is 11.9. The van der Waals surface area contributed by atoms with Crippen LogP contribution in [0.1, 0.15) is 10.5 Å². The maximum Gasteiger partial charge on any atom is 0.358 e. The second-order valence-corrected chi connectivity index (χ2v) is 3.79. The van der Waals surface area contributed by atoms with Crippen LogP contribution < -0.4 is 0 Å². The average Bonchev–Trinajstić information content (AvgIpc) is 2.70. The van der Waals surface area contributed by atoms with Crippen molar-refractivity contribution in [2.45, 2.75) is 0 Å². The molecule has 2 heterocycles. The van der Waals surface area contributed by atoms with E-state index >= 15 is 0 Å². The van der Waals surface area contributed by atoms with Crippen LogP contribution in [0.25, 0.3) is 11.3 Å². The molecular weight excluding hydrogens is 283 g/mol. The molecule has 0 aliphatic rings. The highest BCUT2D eigenvalue weighted by atomic mass is 79.9. The smallest absolute Gasteiger partial charge is 0.358 e. The summed E-state index contributed by atoms with van der Waals surface area (Å²) >= 11 is 3.12. The third-order valence-electron chi connectivity index (χ3n) is 1.80. The number of carbonyl (C=O) groups is 1. The largest absolute Gasteiger partial charge is 0.476 e. The molecule has 0 aromatic carbocycles. The number of halogens is 2. The van der Waals surface area contributed by atoms with Gasteiger partial charge in [-0.2, -0.15) is 4.39 Å². The zero-order chi connectivity index (χ0) is 11.7. The van der Waals surface area contributed by atoms with Crippen molar-refractivity contribution in [3.63, 3.8) is 0 Å². The Hall–Kier alpha value is -1.76. The molecule has 0 amide bonds. The van der Waals surface area contributed by atoms with E-state index in [2.05, 4.69) is 26.1 Å². The summed E-state index contributed by atoms with van der Waals surface area (Å²) in [5.41, 5.74) is -0.233. The minimum Gasteiger partial charge on any atom is -0.476 e. The molecule has 0 atom stereocenters. The summed E-state index contributed by atoms with van der Waals surface area (Å²) in [6, 6.07) is 2.56. The maximum atomic E-state index is 13.3. The molecule has 0 radical (unpaired) electrons. The number of carboxylic acid groups (broad SMARTS) is 1. The van der Waals surface area contributed by atoms with Crippen LogP contribution in [-0.2, 0) is 0 Å². The van der Waals surface area contributed by atoms with E-state index in [1.54, 1.807) is 0 Å². The highest BCUT2D eigenvalue weighted by Gasteiger charge is 2.16. The zero-order valence-corrected chi connectivity index (χ0v) is 9.23. The van der Waals surface area contributed by atoms with Crippen molar-refractivity contribution in [1.29, 1.82) is 0 Å². The van der Waals surface area contributed by atoms with Crippen LogP contribution in [-0.4, -0.2) is 21.2 Å². The first kappa shape index (κ1) is 10.7. The van der Waals surface area contributed by atoms with E-state index < -0.39 is 11.9 Å². The van der Waals surface area contributed by atoms with Crippen molar-refractivity contribution >= 4 is 21.9 Å². The molecular formula is C9H4BrFN2O3. The topological polar surface area (TPSA) is 76.2 Å². The van der Waals surface area contributed by atoms with Gasteiger partial charge >= 0.3 is 5.97 Å². The Bertz CT molecular complexity index is 555. The van der Waals surface area contributed by atoms with Crippen molar-refractivity contribution < 1.29 is 18.8 Å². The Morgan fingerprint density at radius 3 is 2.88 bits per heavy atom. The minimum atomic E-state index is -1.24. The van der Waals surface area contributed by atoms with Crippen LogP contribution in [0.5, 0.6) is 0 Å². The third-order valence-corrected chi connectivity index (χ3v) is 2.23. The molecule has 1 N–H and O–H groups in total. The summed E-state index contributed by atoms with van der Waals surface area (Å²) in [6.45, 7) is 0. The predicted molar refractivity (Wildman–Crippen MR) is 54.4 cm³/mol. The molecule has 0 saturated carbocycles. The molecule has 0 saturated heterocycles. The zero-order valence-electron chi connectivity index (χ0n) is 7.65. The predicted octanol–water partition coefficient (Wildman–Crippen LogP) is 2.34. The van der Waals surface area contributed by atoms with Crippen LogP contribution in [0, 0.1) is 5.95 Å². The van der Waals surface area contributed by atoms with Gasteiger partial charge in [-0.05, 0) is 22.0 Å². The van der Waals surface area contributed by atoms with Gasteiger partial charge in [0.05, 0.1) is 5.56 Å². The normalized spacial score (nSPS) is 10.4. The standard InChI is InChI=1S/C9H4BrFN2O3/c10-4-1-5(8(11)12-3-4)7-2-6(9(14)15)13-16-7/h1-3H,(H,14,15). The molecule has 0 unspecified atom stereocenters. The highest BCUT2D eigenvalue weighted by molar-refractivity contribution is 9.10. The van der Waals surface area contributed by atoms with Crippen molar-refractivity contribution in [1.82, 2.24) is 10.1 Å². The van der Waals surface area contributed by atoms with Gasteiger partial charge in [0, 0.05) is 16.7 Å². The second-order valence-electron chi connectivity index (χ2n) is 2.87. The lowest BCUT2D eigenvalue weighted by Crippen LogP contribution is -1.94. The molecule has 2 aromatic heterocycles. The molecule has 0 fully saturated rings. The van der Waals surface area contributed by atoms with Crippen molar-refractivity contribution in [3.8, 4) is 11.3 Å². The lowest BCUT2D eigenvalue weighted by atomic mass is 10.2. The van der Waals surface area contributed by atoms with Gasteiger partial charge in [0.2, 0.25) is 5.95 Å². The lowest BCUT2D eigenvalue weighted by molar-refractivity contribution is 0.0686. The highest BCUT2D eigenvalue weighted by Crippen LogP contribution is 2.25. The van der Waals surface area contributed by atoms with Crippen molar-refractivity contribution in [2.24, 2.45) is 0 Å². The fourth-order valence-corrected chi connectivity index (χ4v) is 1.43. The van der Waals surface area contributed by atoms with Gasteiger partial charge in [-0.15, -0.1) is 0 Å². The van der Waals surface area contributed by atoms with E-state index in [1.165, 1.54) is 12.3 Å². The number of nitrogens with zero attached hydrogens (tertiary/aromatic N) is 2. The molecule has 7 heteroatoms. The molecule has 82 valence electrons. The van der Waals surface area contributed by atoms with E-state index in [1.807, 2.05) is 0 Å². The molecule has 0 aliphatic heterocycles. The Labute approximate surface area is 97.0 Å². The Kier molecular flexibility index (Phi) is 2.69. The molecule has 2 rings (SSSR count). The first-order chi connectivity index (χ1) is 7.58. The van der Waals surface area contributed by atoms with E-state index in [-0.39, 0.29) is 17.0 Å². The first-order valence-corrected chi connectivity index (χ1v) is 4.88. The molecule has 0 spiro atoms. The number of rotatable bonds is 2. The number of hydrogen-bond donors (Lipinski definition) is 1. The number of aromatic carboxylic acids is 1. The lowest BCUT2D eigenvalue weighted by Gasteiger charge is -1.97. The summed E-state index contributed by atoms with van der Waals surface area (Å²) < 4.78 is 18.6. The minimum absolute atomic E-state index is 0.0173. The quantitative estimate of drug-likeness (QED) is 0.858. The number of hydrogen-bond acceptors (Lipinski definition) is 4. The van der Waals surface area contributed by atoms with Crippen LogP contribution >= 0.6 is 15.9 Å². The number of aromatic nitrogens is 2. The van der Waals surface area contributed by atoms with Gasteiger partial charge < -0.3 is 9.63 Å². The monoisotopic (exact) mass is 286 g/mol. The molecule has 16 heavy (non-hydrogen) atoms. The van der Waals surface area contributed by atoms with Gasteiger partial charge in [0.15, 0.2) is 11.5 Å². The van der Waals surface area contributed by atoms with Gasteiger partial charge in [0.1, 0.15) is 0 Å². The van der Waals surface area contributed by atoms with E-state index in [0.29, 0.717) is 4.47 Å². The summed E-state index contributed by atoms with van der Waals surface area (Å²) in [4.78, 5) is 14.0. The fraction of sp³-hybridized carbons (Fsp3) is 0. The summed E-state index contributed by atoms with van der Waals surface area (Å²) in [5.74, 6) is -1.97. The van der Waals surface area contributed by atoms with Gasteiger partial charge in [-0.1, -0.05) is 5.16 Å². The summed E-state index contributed by atoms with van der Waals surface area (Å²) in [7, 11) is 0. The Balaban J connectivity index is 2.50.